The molecule has 1 aromatic rings. The summed E-state index contributed by atoms with van der Waals surface area (Å²) in [6.45, 7) is 2.65. The molecule has 1 heterocycles. The van der Waals surface area contributed by atoms with Crippen LogP contribution in [0.25, 0.3) is 0 Å². The van der Waals surface area contributed by atoms with Crippen molar-refractivity contribution in [3.05, 3.63) is 17.7 Å². The Kier molecular flexibility index (Phi) is 5.54. The number of ether oxygens (including phenoxy) is 3. The highest BCUT2D eigenvalue weighted by atomic mass is 16.5. The number of aliphatic carboxylic acids is 1. The normalized spacial score (nSPS) is 20.4. The second-order valence-corrected chi connectivity index (χ2v) is 5.97. The van der Waals surface area contributed by atoms with Gasteiger partial charge in [0.05, 0.1) is 32.8 Å². The van der Waals surface area contributed by atoms with E-state index < -0.39 is 11.9 Å². The average molecular weight is 337 g/mol. The van der Waals surface area contributed by atoms with Crippen molar-refractivity contribution in [2.24, 2.45) is 11.8 Å². The predicted molar refractivity (Wildman–Crippen MR) is 86.9 cm³/mol. The van der Waals surface area contributed by atoms with Crippen LogP contribution in [0.15, 0.2) is 12.1 Å². The van der Waals surface area contributed by atoms with Gasteiger partial charge in [0.1, 0.15) is 0 Å². The van der Waals surface area contributed by atoms with Crippen LogP contribution in [-0.4, -0.2) is 56.3 Å². The number of methoxy groups -OCH3 is 3. The largest absolute Gasteiger partial charge is 0.493 e. The summed E-state index contributed by atoms with van der Waals surface area (Å²) in [4.78, 5) is 25.8. The number of hydrogen-bond donors (Lipinski definition) is 1. The van der Waals surface area contributed by atoms with Gasteiger partial charge in [-0.3, -0.25) is 9.59 Å². The third kappa shape index (κ3) is 3.39. The minimum atomic E-state index is -0.876. The fraction of sp³-hybridized carbons (Fsp3) is 0.529. The van der Waals surface area contributed by atoms with Crippen LogP contribution in [0.4, 0.5) is 0 Å². The van der Waals surface area contributed by atoms with Crippen LogP contribution in [0.2, 0.25) is 0 Å². The van der Waals surface area contributed by atoms with E-state index in [2.05, 4.69) is 0 Å². The van der Waals surface area contributed by atoms with Gasteiger partial charge in [-0.15, -0.1) is 0 Å². The Bertz CT molecular complexity index is 630. The first-order valence-electron chi connectivity index (χ1n) is 7.73. The maximum absolute atomic E-state index is 12.9. The number of benzene rings is 1. The van der Waals surface area contributed by atoms with Crippen LogP contribution < -0.4 is 14.2 Å². The van der Waals surface area contributed by atoms with Gasteiger partial charge in [-0.1, -0.05) is 6.92 Å². The number of carboxylic acids is 1. The molecule has 1 amide bonds. The number of rotatable bonds is 5. The Morgan fingerprint density at radius 3 is 2.29 bits per heavy atom. The van der Waals surface area contributed by atoms with E-state index in [1.54, 1.807) is 17.0 Å². The zero-order valence-electron chi connectivity index (χ0n) is 14.4. The van der Waals surface area contributed by atoms with E-state index in [9.17, 15) is 14.7 Å². The fourth-order valence-corrected chi connectivity index (χ4v) is 3.14. The summed E-state index contributed by atoms with van der Waals surface area (Å²) in [5, 5.41) is 9.28. The SMILES string of the molecule is COc1ccc(C(=O)N2CC(C)CC(C(=O)O)C2)c(OC)c1OC. The summed E-state index contributed by atoms with van der Waals surface area (Å²) < 4.78 is 15.9. The number of piperidine rings is 1. The van der Waals surface area contributed by atoms with E-state index >= 15 is 0 Å². The summed E-state index contributed by atoms with van der Waals surface area (Å²) in [5.74, 6) is -0.498. The van der Waals surface area contributed by atoms with E-state index in [-0.39, 0.29) is 24.1 Å². The molecule has 0 aliphatic carbocycles. The highest BCUT2D eigenvalue weighted by molar-refractivity contribution is 5.98. The molecule has 132 valence electrons. The minimum Gasteiger partial charge on any atom is -0.493 e. The van der Waals surface area contributed by atoms with Gasteiger partial charge >= 0.3 is 5.97 Å². The molecule has 7 heteroatoms. The van der Waals surface area contributed by atoms with Gasteiger partial charge in [-0.05, 0) is 24.5 Å². The molecular formula is C17H23NO6. The summed E-state index contributed by atoms with van der Waals surface area (Å²) in [6, 6.07) is 3.24. The molecule has 2 atom stereocenters. The third-order valence-electron chi connectivity index (χ3n) is 4.23. The highest BCUT2D eigenvalue weighted by Gasteiger charge is 2.34. The molecule has 1 aliphatic heterocycles. The molecule has 1 saturated heterocycles. The first-order valence-corrected chi connectivity index (χ1v) is 7.73. The molecule has 0 radical (unpaired) electrons. The zero-order valence-corrected chi connectivity index (χ0v) is 14.4. The van der Waals surface area contributed by atoms with E-state index in [1.807, 2.05) is 6.92 Å². The molecule has 0 spiro atoms. The van der Waals surface area contributed by atoms with E-state index in [1.165, 1.54) is 21.3 Å². The van der Waals surface area contributed by atoms with Crippen molar-refractivity contribution in [2.75, 3.05) is 34.4 Å². The monoisotopic (exact) mass is 337 g/mol. The van der Waals surface area contributed by atoms with Crippen LogP contribution >= 0.6 is 0 Å². The highest BCUT2D eigenvalue weighted by Crippen LogP contribution is 2.40. The number of carboxylic acid groups (broad SMARTS) is 1. The minimum absolute atomic E-state index is 0.120. The smallest absolute Gasteiger partial charge is 0.308 e. The van der Waals surface area contributed by atoms with E-state index in [4.69, 9.17) is 14.2 Å². The summed E-state index contributed by atoms with van der Waals surface area (Å²) in [6.07, 6.45) is 0.572. The van der Waals surface area contributed by atoms with Gasteiger partial charge in [0.25, 0.3) is 5.91 Å². The molecule has 1 N–H and O–H groups in total. The molecule has 2 unspecified atom stereocenters. The molecule has 0 saturated carbocycles. The number of amides is 1. The van der Waals surface area contributed by atoms with Crippen LogP contribution in [0, 0.1) is 11.8 Å². The maximum Gasteiger partial charge on any atom is 0.308 e. The Balaban J connectivity index is 2.37. The van der Waals surface area contributed by atoms with Crippen LogP contribution in [0.1, 0.15) is 23.7 Å². The van der Waals surface area contributed by atoms with Crippen LogP contribution in [0.3, 0.4) is 0 Å². The van der Waals surface area contributed by atoms with Crippen LogP contribution in [-0.2, 0) is 4.79 Å². The Labute approximate surface area is 141 Å². The van der Waals surface area contributed by atoms with Gasteiger partial charge in [-0.25, -0.2) is 0 Å². The van der Waals surface area contributed by atoms with Gasteiger partial charge < -0.3 is 24.2 Å². The molecule has 2 rings (SSSR count). The topological polar surface area (TPSA) is 85.3 Å². The zero-order chi connectivity index (χ0) is 17.9. The van der Waals surface area contributed by atoms with Gasteiger partial charge in [0, 0.05) is 13.1 Å². The molecule has 1 fully saturated rings. The predicted octanol–water partition coefficient (Wildman–Crippen LogP) is 1.90. The summed E-state index contributed by atoms with van der Waals surface area (Å²) in [7, 11) is 4.42. The van der Waals surface area contributed by atoms with Crippen molar-refractivity contribution in [2.45, 2.75) is 13.3 Å². The fourth-order valence-electron chi connectivity index (χ4n) is 3.14. The lowest BCUT2D eigenvalue weighted by Gasteiger charge is -2.35. The second-order valence-electron chi connectivity index (χ2n) is 5.97. The first kappa shape index (κ1) is 17.9. The van der Waals surface area contributed by atoms with Crippen LogP contribution in [0.5, 0.6) is 17.2 Å². The number of likely N-dealkylation sites (tertiary alicyclic amines) is 1. The first-order chi connectivity index (χ1) is 11.4. The quantitative estimate of drug-likeness (QED) is 0.883. The van der Waals surface area contributed by atoms with E-state index in [0.29, 0.717) is 30.0 Å². The lowest BCUT2D eigenvalue weighted by atomic mass is 9.90. The molecule has 0 aromatic heterocycles. The Morgan fingerprint density at radius 2 is 1.75 bits per heavy atom. The lowest BCUT2D eigenvalue weighted by molar-refractivity contribution is -0.143. The average Bonchev–Trinajstić information content (AvgIpc) is 2.58. The number of carbonyl (C=O) groups is 2. The maximum atomic E-state index is 12.9. The summed E-state index contributed by atoms with van der Waals surface area (Å²) in [5.41, 5.74) is 0.327. The number of nitrogens with zero attached hydrogens (tertiary/aromatic N) is 1. The molecule has 0 bridgehead atoms. The Hall–Kier alpha value is -2.44. The molecule has 1 aliphatic rings. The van der Waals surface area contributed by atoms with Crippen molar-refractivity contribution < 1.29 is 28.9 Å². The molecule has 24 heavy (non-hydrogen) atoms. The van der Waals surface area contributed by atoms with Crippen molar-refractivity contribution >= 4 is 11.9 Å². The Morgan fingerprint density at radius 1 is 1.08 bits per heavy atom. The van der Waals surface area contributed by atoms with E-state index in [0.717, 1.165) is 0 Å². The lowest BCUT2D eigenvalue weighted by Crippen LogP contribution is -2.45. The van der Waals surface area contributed by atoms with Gasteiger partial charge in [0.2, 0.25) is 5.75 Å². The second kappa shape index (κ2) is 7.42. The van der Waals surface area contributed by atoms with Crippen molar-refractivity contribution in [1.29, 1.82) is 0 Å². The van der Waals surface area contributed by atoms with Crippen molar-refractivity contribution in [1.82, 2.24) is 4.90 Å². The third-order valence-corrected chi connectivity index (χ3v) is 4.23. The van der Waals surface area contributed by atoms with Gasteiger partial charge in [-0.2, -0.15) is 0 Å². The molecule has 1 aromatic carbocycles. The number of hydrogen-bond acceptors (Lipinski definition) is 5. The van der Waals surface area contributed by atoms with Gasteiger partial charge in [0.15, 0.2) is 11.5 Å². The van der Waals surface area contributed by atoms with Crippen molar-refractivity contribution in [3.63, 3.8) is 0 Å². The van der Waals surface area contributed by atoms with Crippen molar-refractivity contribution in [3.8, 4) is 17.2 Å². The summed E-state index contributed by atoms with van der Waals surface area (Å²) >= 11 is 0. The standard InChI is InChI=1S/C17H23NO6/c1-10-7-11(17(20)21)9-18(8-10)16(19)12-5-6-13(22-2)15(24-4)14(12)23-3/h5-6,10-11H,7-9H2,1-4H3,(H,20,21). The molecule has 7 nitrogen and oxygen atoms in total. The number of carbonyl (C=O) groups excluding carboxylic acids is 1. The molecular weight excluding hydrogens is 314 g/mol.